The summed E-state index contributed by atoms with van der Waals surface area (Å²) in [5.74, 6) is -2.49. The van der Waals surface area contributed by atoms with Crippen LogP contribution in [0.1, 0.15) is 52.9 Å². The van der Waals surface area contributed by atoms with Gasteiger partial charge in [-0.3, -0.25) is 14.4 Å². The first-order valence-electron chi connectivity index (χ1n) is 12.1. The zero-order valence-electron chi connectivity index (χ0n) is 20.1. The molecule has 33 heavy (non-hydrogen) atoms. The normalized spacial score (nSPS) is 30.9. The van der Waals surface area contributed by atoms with Gasteiger partial charge in [-0.1, -0.05) is 19.1 Å². The average Bonchev–Trinajstić information content (AvgIpc) is 3.43. The summed E-state index contributed by atoms with van der Waals surface area (Å²) >= 11 is 0. The highest BCUT2D eigenvalue weighted by atomic mass is 16.6. The molecular formula is C25H38N2O6. The number of likely N-dealkylation sites (tertiary alicyclic amines) is 1. The van der Waals surface area contributed by atoms with E-state index in [2.05, 4.69) is 13.2 Å². The molecule has 3 rings (SSSR count). The Morgan fingerprint density at radius 2 is 2.09 bits per heavy atom. The first kappa shape index (κ1) is 25.4. The Balaban J connectivity index is 1.98. The summed E-state index contributed by atoms with van der Waals surface area (Å²) in [5.41, 5.74) is -1.08. The molecule has 0 aliphatic carbocycles. The number of aliphatic hydroxyl groups is 1. The number of hydrogen-bond donors (Lipinski definition) is 1. The van der Waals surface area contributed by atoms with Crippen molar-refractivity contribution in [3.8, 4) is 0 Å². The summed E-state index contributed by atoms with van der Waals surface area (Å²) in [6.07, 6.45) is 5.98. The van der Waals surface area contributed by atoms with Crippen molar-refractivity contribution >= 4 is 17.8 Å². The van der Waals surface area contributed by atoms with Gasteiger partial charge in [0.25, 0.3) is 0 Å². The second-order valence-corrected chi connectivity index (χ2v) is 9.52. The largest absolute Gasteiger partial charge is 0.465 e. The summed E-state index contributed by atoms with van der Waals surface area (Å²) in [5, 5.41) is 10.1. The van der Waals surface area contributed by atoms with Gasteiger partial charge in [0.05, 0.1) is 37.2 Å². The molecule has 3 fully saturated rings. The first-order chi connectivity index (χ1) is 15.8. The lowest BCUT2D eigenvalue weighted by atomic mass is 9.70. The minimum Gasteiger partial charge on any atom is -0.465 e. The molecule has 3 saturated heterocycles. The van der Waals surface area contributed by atoms with Crippen LogP contribution in [0.2, 0.25) is 0 Å². The van der Waals surface area contributed by atoms with E-state index in [9.17, 15) is 19.5 Å². The number of esters is 1. The Hall–Kier alpha value is -2.19. The van der Waals surface area contributed by atoms with Crippen LogP contribution in [-0.4, -0.2) is 82.3 Å². The fourth-order valence-electron chi connectivity index (χ4n) is 5.79. The van der Waals surface area contributed by atoms with Gasteiger partial charge in [0.2, 0.25) is 11.8 Å². The van der Waals surface area contributed by atoms with E-state index in [4.69, 9.17) is 9.47 Å². The maximum absolute atomic E-state index is 13.9. The quantitative estimate of drug-likeness (QED) is 0.271. The Morgan fingerprint density at radius 1 is 1.36 bits per heavy atom. The molecule has 0 aromatic carbocycles. The number of fused-ring (bicyclic) bond motifs is 1. The van der Waals surface area contributed by atoms with E-state index in [1.807, 2.05) is 20.8 Å². The summed E-state index contributed by atoms with van der Waals surface area (Å²) in [7, 11) is 0. The zero-order chi connectivity index (χ0) is 24.3. The molecule has 1 spiro atoms. The third-order valence-electron chi connectivity index (χ3n) is 7.35. The maximum atomic E-state index is 13.9. The second-order valence-electron chi connectivity index (χ2n) is 9.52. The van der Waals surface area contributed by atoms with Crippen molar-refractivity contribution in [2.75, 3.05) is 19.8 Å². The van der Waals surface area contributed by atoms with Crippen molar-refractivity contribution in [3.63, 3.8) is 0 Å². The summed E-state index contributed by atoms with van der Waals surface area (Å²) in [6.45, 7) is 13.5. The fraction of sp³-hybridized carbons (Fsp3) is 0.720. The van der Waals surface area contributed by atoms with Crippen molar-refractivity contribution in [3.05, 3.63) is 25.3 Å². The van der Waals surface area contributed by atoms with Gasteiger partial charge in [0.15, 0.2) is 0 Å². The third kappa shape index (κ3) is 4.23. The molecule has 0 saturated carbocycles. The number of rotatable bonds is 12. The van der Waals surface area contributed by atoms with Crippen molar-refractivity contribution in [2.24, 2.45) is 11.8 Å². The second kappa shape index (κ2) is 10.4. The van der Waals surface area contributed by atoms with Crippen molar-refractivity contribution in [2.45, 2.75) is 82.7 Å². The van der Waals surface area contributed by atoms with Crippen molar-refractivity contribution in [1.29, 1.82) is 0 Å². The van der Waals surface area contributed by atoms with E-state index in [0.29, 0.717) is 32.2 Å². The molecule has 2 unspecified atom stereocenters. The molecule has 0 aromatic rings. The number of unbranched alkanes of at least 4 members (excludes halogenated alkanes) is 1. The number of nitrogens with zero attached hydrogens (tertiary/aromatic N) is 2. The smallest absolute Gasteiger partial charge is 0.312 e. The number of allylic oxidation sites excluding steroid dienone is 1. The summed E-state index contributed by atoms with van der Waals surface area (Å²) < 4.78 is 11.9. The average molecular weight is 463 g/mol. The Kier molecular flexibility index (Phi) is 8.00. The van der Waals surface area contributed by atoms with E-state index >= 15 is 0 Å². The van der Waals surface area contributed by atoms with Gasteiger partial charge in [-0.2, -0.15) is 0 Å². The zero-order valence-corrected chi connectivity index (χ0v) is 20.1. The van der Waals surface area contributed by atoms with E-state index in [1.54, 1.807) is 17.1 Å². The third-order valence-corrected chi connectivity index (χ3v) is 7.35. The van der Waals surface area contributed by atoms with Gasteiger partial charge in [-0.05, 0) is 46.0 Å². The van der Waals surface area contributed by atoms with Crippen LogP contribution in [0.25, 0.3) is 0 Å². The van der Waals surface area contributed by atoms with Crippen LogP contribution in [0.5, 0.6) is 0 Å². The molecule has 0 radical (unpaired) electrons. The molecule has 1 N–H and O–H groups in total. The molecule has 0 aromatic heterocycles. The molecule has 3 aliphatic rings. The van der Waals surface area contributed by atoms with E-state index in [-0.39, 0.29) is 31.1 Å². The predicted molar refractivity (Wildman–Crippen MR) is 123 cm³/mol. The van der Waals surface area contributed by atoms with Crippen LogP contribution in [0.4, 0.5) is 0 Å². The van der Waals surface area contributed by atoms with Crippen LogP contribution in [0, 0.1) is 11.8 Å². The molecular weight excluding hydrogens is 424 g/mol. The molecule has 2 amide bonds. The van der Waals surface area contributed by atoms with Crippen molar-refractivity contribution < 1.29 is 29.0 Å². The van der Waals surface area contributed by atoms with Gasteiger partial charge < -0.3 is 24.4 Å². The lowest BCUT2D eigenvalue weighted by molar-refractivity contribution is -0.157. The minimum atomic E-state index is -1.08. The standard InChI is InChI=1S/C25H38N2O6/c1-6-9-10-14-32-24(31)19-18-11-12-25(33-18)20(19)22(29)27(17(8-3)15-28)21(25)23(30)26(13-7-2)16(4)5/h6-7,16-21,28H,1-2,8-15H2,3-5H3/t17-,18+,19-,20-,21?,25?/m0/s1. The lowest BCUT2D eigenvalue weighted by Gasteiger charge is -2.40. The number of amides is 2. The summed E-state index contributed by atoms with van der Waals surface area (Å²) in [6, 6.07) is -1.53. The highest BCUT2D eigenvalue weighted by Gasteiger charge is 2.75. The SMILES string of the molecule is C=CCCCOC(=O)[C@@H]1[C@H]2C(=O)N([C@@H](CC)CO)C(C(=O)N(CC=C)C(C)C)C23CC[C@H]1O3. The predicted octanol–water partition coefficient (Wildman–Crippen LogP) is 2.06. The van der Waals surface area contributed by atoms with Crippen LogP contribution in [-0.2, 0) is 23.9 Å². The minimum absolute atomic E-state index is 0.110. The molecule has 3 aliphatic heterocycles. The summed E-state index contributed by atoms with van der Waals surface area (Å²) in [4.78, 5) is 44.0. The van der Waals surface area contributed by atoms with Crippen LogP contribution < -0.4 is 0 Å². The van der Waals surface area contributed by atoms with Gasteiger partial charge >= 0.3 is 5.97 Å². The lowest BCUT2D eigenvalue weighted by Crippen LogP contribution is -2.59. The number of hydrogen-bond acceptors (Lipinski definition) is 6. The molecule has 3 heterocycles. The number of aliphatic hydroxyl groups excluding tert-OH is 1. The maximum Gasteiger partial charge on any atom is 0.312 e. The van der Waals surface area contributed by atoms with E-state index in [1.165, 1.54) is 4.90 Å². The Bertz CT molecular complexity index is 779. The highest BCUT2D eigenvalue weighted by Crippen LogP contribution is 2.59. The number of carbonyl (C=O) groups is 3. The molecule has 6 atom stereocenters. The molecule has 8 nitrogen and oxygen atoms in total. The van der Waals surface area contributed by atoms with Crippen LogP contribution >= 0.6 is 0 Å². The Labute approximate surface area is 196 Å². The van der Waals surface area contributed by atoms with Crippen molar-refractivity contribution in [1.82, 2.24) is 9.80 Å². The van der Waals surface area contributed by atoms with E-state index < -0.39 is 41.6 Å². The molecule has 184 valence electrons. The van der Waals surface area contributed by atoms with Gasteiger partial charge in [0.1, 0.15) is 11.6 Å². The van der Waals surface area contributed by atoms with Crippen LogP contribution in [0.15, 0.2) is 25.3 Å². The monoisotopic (exact) mass is 462 g/mol. The highest BCUT2D eigenvalue weighted by molar-refractivity contribution is 5.98. The van der Waals surface area contributed by atoms with Gasteiger partial charge in [-0.15, -0.1) is 13.2 Å². The van der Waals surface area contributed by atoms with Crippen LogP contribution in [0.3, 0.4) is 0 Å². The first-order valence-corrected chi connectivity index (χ1v) is 12.1. The molecule has 2 bridgehead atoms. The topological polar surface area (TPSA) is 96.4 Å². The number of ether oxygens (including phenoxy) is 2. The fourth-order valence-corrected chi connectivity index (χ4v) is 5.79. The van der Waals surface area contributed by atoms with Gasteiger partial charge in [0, 0.05) is 12.6 Å². The van der Waals surface area contributed by atoms with E-state index in [0.717, 1.165) is 6.42 Å². The number of carbonyl (C=O) groups excluding carboxylic acids is 3. The van der Waals surface area contributed by atoms with Gasteiger partial charge in [-0.25, -0.2) is 0 Å². The molecule has 8 heteroatoms. The Morgan fingerprint density at radius 3 is 2.67 bits per heavy atom.